The van der Waals surface area contributed by atoms with Crippen LogP contribution in [0.2, 0.25) is 0 Å². The number of carbonyl (C=O) groups excluding carboxylic acids is 1. The van der Waals surface area contributed by atoms with E-state index < -0.39 is 0 Å². The number of carbonyl (C=O) groups is 1. The summed E-state index contributed by atoms with van der Waals surface area (Å²) in [5.74, 6) is 0.328. The highest BCUT2D eigenvalue weighted by Gasteiger charge is 2.16. The van der Waals surface area contributed by atoms with Crippen LogP contribution >= 0.6 is 0 Å². The van der Waals surface area contributed by atoms with E-state index in [2.05, 4.69) is 19.2 Å². The fourth-order valence-corrected chi connectivity index (χ4v) is 1.14. The standard InChI is InChI=1S/C11H23NO3/c1-5-15-11(13)10(12-4)6-7-14-8-9(2)3/h9-10,12H,5-8H2,1-4H3. The Hall–Kier alpha value is -0.610. The van der Waals surface area contributed by atoms with Crippen LogP contribution in [-0.2, 0) is 14.3 Å². The molecule has 0 radical (unpaired) electrons. The number of nitrogens with one attached hydrogen (secondary N) is 1. The molecule has 4 heteroatoms. The van der Waals surface area contributed by atoms with Gasteiger partial charge in [0.05, 0.1) is 6.61 Å². The molecule has 1 unspecified atom stereocenters. The topological polar surface area (TPSA) is 47.6 Å². The monoisotopic (exact) mass is 217 g/mol. The minimum atomic E-state index is -0.253. The molecule has 0 aliphatic heterocycles. The first-order valence-electron chi connectivity index (χ1n) is 5.53. The van der Waals surface area contributed by atoms with Gasteiger partial charge in [-0.25, -0.2) is 0 Å². The second kappa shape index (κ2) is 8.68. The van der Waals surface area contributed by atoms with Gasteiger partial charge in [0.2, 0.25) is 0 Å². The SMILES string of the molecule is CCOC(=O)C(CCOCC(C)C)NC. The van der Waals surface area contributed by atoms with E-state index in [0.717, 1.165) is 6.61 Å². The van der Waals surface area contributed by atoms with Crippen molar-refractivity contribution in [1.82, 2.24) is 5.32 Å². The third-order valence-electron chi connectivity index (χ3n) is 1.92. The molecule has 0 aliphatic rings. The van der Waals surface area contributed by atoms with E-state index in [1.165, 1.54) is 0 Å². The third-order valence-corrected chi connectivity index (χ3v) is 1.92. The van der Waals surface area contributed by atoms with Crippen LogP contribution in [0.15, 0.2) is 0 Å². The normalized spacial score (nSPS) is 12.9. The van der Waals surface area contributed by atoms with E-state index in [1.54, 1.807) is 14.0 Å². The molecule has 0 aliphatic carbocycles. The molecular formula is C11H23NO3. The predicted octanol–water partition coefficient (Wildman–Crippen LogP) is 1.20. The molecule has 0 saturated heterocycles. The van der Waals surface area contributed by atoms with Crippen LogP contribution in [0.1, 0.15) is 27.2 Å². The van der Waals surface area contributed by atoms with Gasteiger partial charge >= 0.3 is 5.97 Å². The minimum absolute atomic E-state index is 0.201. The average molecular weight is 217 g/mol. The highest BCUT2D eigenvalue weighted by molar-refractivity contribution is 5.75. The van der Waals surface area contributed by atoms with Gasteiger partial charge in [-0.3, -0.25) is 4.79 Å². The Labute approximate surface area is 92.3 Å². The van der Waals surface area contributed by atoms with E-state index in [4.69, 9.17) is 9.47 Å². The van der Waals surface area contributed by atoms with E-state index in [0.29, 0.717) is 25.6 Å². The Kier molecular flexibility index (Phi) is 8.33. The molecule has 0 amide bonds. The summed E-state index contributed by atoms with van der Waals surface area (Å²) in [4.78, 5) is 11.4. The lowest BCUT2D eigenvalue weighted by Crippen LogP contribution is -2.36. The highest BCUT2D eigenvalue weighted by atomic mass is 16.5. The van der Waals surface area contributed by atoms with Crippen LogP contribution in [0, 0.1) is 5.92 Å². The Bertz CT molecular complexity index is 171. The first-order valence-corrected chi connectivity index (χ1v) is 5.53. The molecular weight excluding hydrogens is 194 g/mol. The van der Waals surface area contributed by atoms with Gasteiger partial charge in [-0.05, 0) is 26.3 Å². The summed E-state index contributed by atoms with van der Waals surface area (Å²) < 4.78 is 10.3. The van der Waals surface area contributed by atoms with Gasteiger partial charge in [0.25, 0.3) is 0 Å². The number of ether oxygens (including phenoxy) is 2. The number of likely N-dealkylation sites (N-methyl/N-ethyl adjacent to an activating group) is 1. The summed E-state index contributed by atoms with van der Waals surface area (Å²) >= 11 is 0. The van der Waals surface area contributed by atoms with Crippen molar-refractivity contribution in [2.45, 2.75) is 33.2 Å². The molecule has 0 saturated carbocycles. The fraction of sp³-hybridized carbons (Fsp3) is 0.909. The summed E-state index contributed by atoms with van der Waals surface area (Å²) in [6, 6.07) is -0.253. The molecule has 0 aromatic carbocycles. The minimum Gasteiger partial charge on any atom is -0.465 e. The third kappa shape index (κ3) is 7.33. The van der Waals surface area contributed by atoms with Gasteiger partial charge in [0, 0.05) is 13.2 Å². The molecule has 0 fully saturated rings. The van der Waals surface area contributed by atoms with Crippen molar-refractivity contribution in [3.8, 4) is 0 Å². The molecule has 0 spiro atoms. The molecule has 0 aromatic rings. The number of esters is 1. The van der Waals surface area contributed by atoms with Crippen molar-refractivity contribution in [1.29, 1.82) is 0 Å². The summed E-state index contributed by atoms with van der Waals surface area (Å²) in [5, 5.41) is 2.92. The molecule has 1 atom stereocenters. The van der Waals surface area contributed by atoms with Crippen molar-refractivity contribution in [3.05, 3.63) is 0 Å². The Balaban J connectivity index is 3.65. The summed E-state index contributed by atoms with van der Waals surface area (Å²) in [7, 11) is 1.75. The van der Waals surface area contributed by atoms with Crippen LogP contribution in [0.5, 0.6) is 0 Å². The summed E-state index contributed by atoms with van der Waals surface area (Å²) in [5.41, 5.74) is 0. The predicted molar refractivity (Wildman–Crippen MR) is 59.8 cm³/mol. The zero-order valence-corrected chi connectivity index (χ0v) is 10.2. The van der Waals surface area contributed by atoms with E-state index in [1.807, 2.05) is 0 Å². The maximum atomic E-state index is 11.4. The molecule has 0 bridgehead atoms. The van der Waals surface area contributed by atoms with Gasteiger partial charge < -0.3 is 14.8 Å². The van der Waals surface area contributed by atoms with Crippen LogP contribution in [0.3, 0.4) is 0 Å². The summed E-state index contributed by atoms with van der Waals surface area (Å²) in [6.45, 7) is 7.74. The van der Waals surface area contributed by atoms with Crippen LogP contribution in [0.4, 0.5) is 0 Å². The second-order valence-electron chi connectivity index (χ2n) is 3.85. The number of rotatable bonds is 8. The highest BCUT2D eigenvalue weighted by Crippen LogP contribution is 1.98. The average Bonchev–Trinajstić information content (AvgIpc) is 2.17. The lowest BCUT2D eigenvalue weighted by molar-refractivity contribution is -0.146. The van der Waals surface area contributed by atoms with Crippen molar-refractivity contribution in [3.63, 3.8) is 0 Å². The van der Waals surface area contributed by atoms with Gasteiger partial charge in [-0.2, -0.15) is 0 Å². The maximum Gasteiger partial charge on any atom is 0.323 e. The molecule has 1 N–H and O–H groups in total. The first kappa shape index (κ1) is 14.4. The quantitative estimate of drug-likeness (QED) is 0.490. The number of hydrogen-bond acceptors (Lipinski definition) is 4. The molecule has 0 heterocycles. The Morgan fingerprint density at radius 3 is 2.53 bits per heavy atom. The van der Waals surface area contributed by atoms with Gasteiger partial charge in [-0.1, -0.05) is 13.8 Å². The molecule has 0 aromatic heterocycles. The zero-order chi connectivity index (χ0) is 11.7. The largest absolute Gasteiger partial charge is 0.465 e. The van der Waals surface area contributed by atoms with Crippen molar-refractivity contribution in [2.24, 2.45) is 5.92 Å². The van der Waals surface area contributed by atoms with Crippen molar-refractivity contribution in [2.75, 3.05) is 26.9 Å². The number of hydrogen-bond donors (Lipinski definition) is 1. The summed E-state index contributed by atoms with van der Waals surface area (Å²) in [6.07, 6.45) is 0.655. The Morgan fingerprint density at radius 2 is 2.07 bits per heavy atom. The van der Waals surface area contributed by atoms with Crippen LogP contribution in [-0.4, -0.2) is 38.9 Å². The molecule has 4 nitrogen and oxygen atoms in total. The van der Waals surface area contributed by atoms with Gasteiger partial charge in [0.15, 0.2) is 0 Å². The fourth-order valence-electron chi connectivity index (χ4n) is 1.14. The lowest BCUT2D eigenvalue weighted by Gasteiger charge is -2.15. The molecule has 15 heavy (non-hydrogen) atoms. The van der Waals surface area contributed by atoms with Crippen LogP contribution in [0.25, 0.3) is 0 Å². The Morgan fingerprint density at radius 1 is 1.40 bits per heavy atom. The first-order chi connectivity index (χ1) is 7.11. The molecule has 90 valence electrons. The smallest absolute Gasteiger partial charge is 0.323 e. The van der Waals surface area contributed by atoms with Gasteiger partial charge in [-0.15, -0.1) is 0 Å². The van der Waals surface area contributed by atoms with Crippen molar-refractivity contribution >= 4 is 5.97 Å². The van der Waals surface area contributed by atoms with E-state index >= 15 is 0 Å². The van der Waals surface area contributed by atoms with Crippen molar-refractivity contribution < 1.29 is 14.3 Å². The van der Waals surface area contributed by atoms with Crippen LogP contribution < -0.4 is 5.32 Å². The second-order valence-corrected chi connectivity index (χ2v) is 3.85. The van der Waals surface area contributed by atoms with E-state index in [9.17, 15) is 4.79 Å². The van der Waals surface area contributed by atoms with E-state index in [-0.39, 0.29) is 12.0 Å². The maximum absolute atomic E-state index is 11.4. The van der Waals surface area contributed by atoms with Gasteiger partial charge in [0.1, 0.15) is 6.04 Å². The zero-order valence-electron chi connectivity index (χ0n) is 10.2. The lowest BCUT2D eigenvalue weighted by atomic mass is 10.2. The molecule has 0 rings (SSSR count).